The molecule has 1 aromatic carbocycles. The van der Waals surface area contributed by atoms with Crippen LogP contribution in [0.4, 0.5) is 13.2 Å². The van der Waals surface area contributed by atoms with Crippen molar-refractivity contribution in [3.63, 3.8) is 0 Å². The van der Waals surface area contributed by atoms with Gasteiger partial charge in [-0.25, -0.2) is 18.0 Å². The van der Waals surface area contributed by atoms with E-state index in [2.05, 4.69) is 15.3 Å². The summed E-state index contributed by atoms with van der Waals surface area (Å²) in [6, 6.07) is 6.51. The molecule has 7 nitrogen and oxygen atoms in total. The van der Waals surface area contributed by atoms with E-state index in [1.54, 1.807) is 23.0 Å². The fourth-order valence-corrected chi connectivity index (χ4v) is 5.35. The van der Waals surface area contributed by atoms with Crippen LogP contribution in [0, 0.1) is 11.7 Å². The van der Waals surface area contributed by atoms with E-state index in [1.807, 2.05) is 0 Å². The lowest BCUT2D eigenvalue weighted by Crippen LogP contribution is -2.39. The van der Waals surface area contributed by atoms with Crippen LogP contribution in [0.3, 0.4) is 0 Å². The van der Waals surface area contributed by atoms with E-state index in [9.17, 15) is 22.8 Å². The minimum absolute atomic E-state index is 0.0990. The van der Waals surface area contributed by atoms with Crippen LogP contribution in [0.5, 0.6) is 0 Å². The van der Waals surface area contributed by atoms with Crippen LogP contribution < -0.4 is 11.0 Å². The summed E-state index contributed by atoms with van der Waals surface area (Å²) in [4.78, 5) is 34.0. The quantitative estimate of drug-likeness (QED) is 0.314. The van der Waals surface area contributed by atoms with Gasteiger partial charge in [-0.2, -0.15) is 0 Å². The second-order valence-corrected chi connectivity index (χ2v) is 10.1. The largest absolute Gasteiger partial charge is 0.349 e. The zero-order valence-corrected chi connectivity index (χ0v) is 21.4. The fourth-order valence-electron chi connectivity index (χ4n) is 4.99. The molecule has 1 amide bonds. The standard InChI is InChI=1S/C26H22Cl2F3N5O2/c27-15-9-18(23(24(30)31)33-11-15)25(37)34-17-4-1-14(2-5-17)13-35-22-12-32-8-7-20(22)36(26(35)38)21-10-16(29)3-6-19(21)28/h3,6-12,14,17,24H,1-2,4-5,13H2,(H,34,37). The molecule has 0 bridgehead atoms. The third kappa shape index (κ3) is 5.15. The normalized spacial score (nSPS) is 17.7. The van der Waals surface area contributed by atoms with Gasteiger partial charge in [0.1, 0.15) is 11.5 Å². The second-order valence-electron chi connectivity index (χ2n) is 9.27. The summed E-state index contributed by atoms with van der Waals surface area (Å²) in [6.45, 7) is 0.398. The molecule has 3 heterocycles. The zero-order chi connectivity index (χ0) is 27.0. The molecule has 1 saturated carbocycles. The molecule has 3 aromatic heterocycles. The highest BCUT2D eigenvalue weighted by atomic mass is 35.5. The van der Waals surface area contributed by atoms with Crippen LogP contribution >= 0.6 is 23.2 Å². The van der Waals surface area contributed by atoms with Gasteiger partial charge in [-0.1, -0.05) is 23.2 Å². The van der Waals surface area contributed by atoms with Crippen molar-refractivity contribution in [1.82, 2.24) is 24.4 Å². The maximum Gasteiger partial charge on any atom is 0.333 e. The topological polar surface area (TPSA) is 81.8 Å². The first-order valence-corrected chi connectivity index (χ1v) is 12.7. The van der Waals surface area contributed by atoms with Crippen molar-refractivity contribution in [3.8, 4) is 5.69 Å². The molecule has 198 valence electrons. The maximum absolute atomic E-state index is 14.0. The number of rotatable bonds is 6. The Morgan fingerprint density at radius 3 is 2.58 bits per heavy atom. The Labute approximate surface area is 225 Å². The Hall–Kier alpha value is -3.37. The van der Waals surface area contributed by atoms with E-state index >= 15 is 0 Å². The Bertz CT molecular complexity index is 1560. The number of halogens is 5. The van der Waals surface area contributed by atoms with Crippen molar-refractivity contribution in [3.05, 3.63) is 86.5 Å². The summed E-state index contributed by atoms with van der Waals surface area (Å²) in [6.07, 6.45) is 3.93. The van der Waals surface area contributed by atoms with Gasteiger partial charge in [0.25, 0.3) is 12.3 Å². The lowest BCUT2D eigenvalue weighted by molar-refractivity contribution is 0.0904. The van der Waals surface area contributed by atoms with E-state index in [4.69, 9.17) is 23.2 Å². The Morgan fingerprint density at radius 1 is 1.08 bits per heavy atom. The highest BCUT2D eigenvalue weighted by Crippen LogP contribution is 2.29. The van der Waals surface area contributed by atoms with Crippen LogP contribution in [0.2, 0.25) is 10.0 Å². The molecule has 0 aliphatic heterocycles. The van der Waals surface area contributed by atoms with Gasteiger partial charge in [0.2, 0.25) is 0 Å². The number of benzene rings is 1. The maximum atomic E-state index is 14.0. The molecule has 0 unspecified atom stereocenters. The van der Waals surface area contributed by atoms with Crippen LogP contribution in [0.1, 0.15) is 48.2 Å². The molecule has 5 rings (SSSR count). The number of amides is 1. The molecule has 12 heteroatoms. The Kier molecular flexibility index (Phi) is 7.45. The summed E-state index contributed by atoms with van der Waals surface area (Å²) in [5, 5.41) is 3.16. The molecule has 1 aliphatic carbocycles. The minimum Gasteiger partial charge on any atom is -0.349 e. The molecule has 0 atom stereocenters. The number of pyridine rings is 2. The number of fused-ring (bicyclic) bond motifs is 1. The van der Waals surface area contributed by atoms with Gasteiger partial charge in [-0.15, -0.1) is 0 Å². The van der Waals surface area contributed by atoms with Gasteiger partial charge in [-0.3, -0.25) is 23.9 Å². The van der Waals surface area contributed by atoms with Crippen LogP contribution in [0.25, 0.3) is 16.7 Å². The molecule has 1 fully saturated rings. The average Bonchev–Trinajstić information content (AvgIpc) is 3.17. The predicted octanol–water partition coefficient (Wildman–Crippen LogP) is 5.95. The van der Waals surface area contributed by atoms with Gasteiger partial charge in [0, 0.05) is 25.0 Å². The van der Waals surface area contributed by atoms with Crippen LogP contribution in [-0.2, 0) is 6.54 Å². The molecular formula is C26H22Cl2F3N5O2. The average molecular weight is 564 g/mol. The smallest absolute Gasteiger partial charge is 0.333 e. The van der Waals surface area contributed by atoms with Crippen molar-refractivity contribution in [1.29, 1.82) is 0 Å². The van der Waals surface area contributed by atoms with E-state index in [1.165, 1.54) is 28.8 Å². The van der Waals surface area contributed by atoms with E-state index in [0.717, 1.165) is 6.20 Å². The number of nitrogens with zero attached hydrogens (tertiary/aromatic N) is 4. The molecule has 0 radical (unpaired) electrons. The lowest BCUT2D eigenvalue weighted by Gasteiger charge is -2.29. The highest BCUT2D eigenvalue weighted by molar-refractivity contribution is 6.32. The molecule has 1 aliphatic rings. The van der Waals surface area contributed by atoms with Gasteiger partial charge < -0.3 is 5.32 Å². The van der Waals surface area contributed by atoms with E-state index < -0.39 is 23.8 Å². The predicted molar refractivity (Wildman–Crippen MR) is 138 cm³/mol. The number of hydrogen-bond acceptors (Lipinski definition) is 4. The second kappa shape index (κ2) is 10.8. The SMILES string of the molecule is O=C(NC1CCC(Cn2c(=O)n(-c3cc(F)ccc3Cl)c3ccncc32)CC1)c1cc(Cl)cnc1C(F)F. The van der Waals surface area contributed by atoms with Crippen LogP contribution in [0.15, 0.2) is 53.7 Å². The number of aromatic nitrogens is 4. The molecule has 1 N–H and O–H groups in total. The summed E-state index contributed by atoms with van der Waals surface area (Å²) in [7, 11) is 0. The van der Waals surface area contributed by atoms with Crippen molar-refractivity contribution in [2.45, 2.75) is 44.7 Å². The molecule has 0 spiro atoms. The summed E-state index contributed by atoms with van der Waals surface area (Å²) in [5.41, 5.74) is 0.200. The first-order valence-electron chi connectivity index (χ1n) is 12.0. The van der Waals surface area contributed by atoms with Crippen molar-refractivity contribution in [2.75, 3.05) is 0 Å². The van der Waals surface area contributed by atoms with E-state index in [0.29, 0.717) is 43.3 Å². The van der Waals surface area contributed by atoms with Gasteiger partial charge in [0.15, 0.2) is 0 Å². The molecule has 38 heavy (non-hydrogen) atoms. The van der Waals surface area contributed by atoms with Gasteiger partial charge >= 0.3 is 5.69 Å². The number of carbonyl (C=O) groups excluding carboxylic acids is 1. The third-order valence-corrected chi connectivity index (χ3v) is 7.37. The van der Waals surface area contributed by atoms with Crippen molar-refractivity contribution < 1.29 is 18.0 Å². The number of nitrogens with one attached hydrogen (secondary N) is 1. The van der Waals surface area contributed by atoms with E-state index in [-0.39, 0.29) is 38.9 Å². The highest BCUT2D eigenvalue weighted by Gasteiger charge is 2.27. The first kappa shape index (κ1) is 26.2. The Morgan fingerprint density at radius 2 is 1.84 bits per heavy atom. The minimum atomic E-state index is -2.90. The van der Waals surface area contributed by atoms with Crippen molar-refractivity contribution >= 4 is 40.1 Å². The molecule has 4 aromatic rings. The number of carbonyl (C=O) groups is 1. The first-order chi connectivity index (χ1) is 18.2. The monoisotopic (exact) mass is 563 g/mol. The lowest BCUT2D eigenvalue weighted by atomic mass is 9.85. The summed E-state index contributed by atoms with van der Waals surface area (Å²) in [5.74, 6) is -1.04. The van der Waals surface area contributed by atoms with Crippen LogP contribution in [-0.4, -0.2) is 31.1 Å². The third-order valence-electron chi connectivity index (χ3n) is 6.84. The van der Waals surface area contributed by atoms with Gasteiger partial charge in [0.05, 0.1) is 38.5 Å². The fraction of sp³-hybridized carbons (Fsp3) is 0.308. The number of alkyl halides is 2. The summed E-state index contributed by atoms with van der Waals surface area (Å²) >= 11 is 12.2. The molecular weight excluding hydrogens is 542 g/mol. The zero-order valence-electron chi connectivity index (χ0n) is 19.9. The number of imidazole rings is 1. The Balaban J connectivity index is 1.32. The van der Waals surface area contributed by atoms with Crippen molar-refractivity contribution in [2.24, 2.45) is 5.92 Å². The summed E-state index contributed by atoms with van der Waals surface area (Å²) < 4.78 is 43.6. The number of hydrogen-bond donors (Lipinski definition) is 1. The molecule has 0 saturated heterocycles. The van der Waals surface area contributed by atoms with Gasteiger partial charge in [-0.05, 0) is 61.9 Å².